The van der Waals surface area contributed by atoms with Crippen LogP contribution in [0.1, 0.15) is 30.0 Å². The van der Waals surface area contributed by atoms with Gasteiger partial charge in [0, 0.05) is 29.9 Å². The minimum Gasteiger partial charge on any atom is -0.394 e. The van der Waals surface area contributed by atoms with Gasteiger partial charge in [-0.2, -0.15) is 23.3 Å². The summed E-state index contributed by atoms with van der Waals surface area (Å²) in [6.45, 7) is 1.64. The van der Waals surface area contributed by atoms with E-state index in [-0.39, 0.29) is 41.7 Å². The van der Waals surface area contributed by atoms with Crippen molar-refractivity contribution >= 4 is 57.3 Å². The molecule has 0 radical (unpaired) electrons. The number of rotatable bonds is 5. The van der Waals surface area contributed by atoms with Crippen molar-refractivity contribution in [3.8, 4) is 0 Å². The van der Waals surface area contributed by atoms with Gasteiger partial charge in [-0.3, -0.25) is 14.3 Å². The Balaban J connectivity index is 1.34. The van der Waals surface area contributed by atoms with Crippen LogP contribution in [0.15, 0.2) is 52.5 Å². The van der Waals surface area contributed by atoms with Gasteiger partial charge in [0.25, 0.3) is 5.91 Å². The Bertz CT molecular complexity index is 1520. The van der Waals surface area contributed by atoms with Crippen LogP contribution < -0.4 is 5.32 Å². The highest BCUT2D eigenvalue weighted by Gasteiger charge is 2.38. The van der Waals surface area contributed by atoms with Crippen LogP contribution in [0.4, 0.5) is 13.2 Å². The zero-order valence-electron chi connectivity index (χ0n) is 20.6. The molecule has 2 aromatic carbocycles. The Hall–Kier alpha value is -3.35. The SMILES string of the molecule is CC(=O)NC1CC(CO)N(C2=NC(=O)/C(=C/c3ccc4c(cnn4Cc4ccc(Cl)cc4C(F)(F)F)c3)S2)C1. The summed E-state index contributed by atoms with van der Waals surface area (Å²) in [7, 11) is 0. The Labute approximate surface area is 230 Å². The first-order valence-corrected chi connectivity index (χ1v) is 13.2. The third kappa shape index (κ3) is 5.82. The van der Waals surface area contributed by atoms with Crippen LogP contribution in [0.2, 0.25) is 5.02 Å². The number of nitrogens with zero attached hydrogens (tertiary/aromatic N) is 4. The molecule has 2 atom stereocenters. The van der Waals surface area contributed by atoms with Gasteiger partial charge >= 0.3 is 6.18 Å². The second-order valence-corrected chi connectivity index (χ2v) is 10.8. The molecule has 8 nitrogen and oxygen atoms in total. The number of hydrogen-bond donors (Lipinski definition) is 2. The van der Waals surface area contributed by atoms with Gasteiger partial charge in [0.05, 0.1) is 41.4 Å². The summed E-state index contributed by atoms with van der Waals surface area (Å²) in [5.74, 6) is -0.572. The average Bonchev–Trinajstić information content (AvgIpc) is 3.56. The van der Waals surface area contributed by atoms with Gasteiger partial charge in [0.15, 0.2) is 5.17 Å². The van der Waals surface area contributed by atoms with Gasteiger partial charge in [0.2, 0.25) is 5.91 Å². The number of fused-ring (bicyclic) bond motifs is 1. The number of amidine groups is 1. The Morgan fingerprint density at radius 1 is 1.28 bits per heavy atom. The number of alkyl halides is 3. The van der Waals surface area contributed by atoms with Gasteiger partial charge in [-0.05, 0) is 59.7 Å². The lowest BCUT2D eigenvalue weighted by Crippen LogP contribution is -2.38. The molecular formula is C26H23ClF3N5O3S. The number of aliphatic imine (C=N–C) groups is 1. The highest BCUT2D eigenvalue weighted by Crippen LogP contribution is 2.36. The topological polar surface area (TPSA) is 99.8 Å². The number of thioether (sulfide) groups is 1. The molecule has 0 saturated carbocycles. The molecule has 1 saturated heterocycles. The second-order valence-electron chi connectivity index (χ2n) is 9.35. The van der Waals surface area contributed by atoms with Gasteiger partial charge in [-0.25, -0.2) is 0 Å². The molecule has 13 heteroatoms. The quantitative estimate of drug-likeness (QED) is 0.439. The lowest BCUT2D eigenvalue weighted by atomic mass is 10.1. The predicted molar refractivity (Wildman–Crippen MR) is 143 cm³/mol. The van der Waals surface area contributed by atoms with E-state index in [1.165, 1.54) is 35.5 Å². The van der Waals surface area contributed by atoms with Gasteiger partial charge in [-0.15, -0.1) is 0 Å². The van der Waals surface area contributed by atoms with E-state index in [1.807, 2.05) is 4.90 Å². The van der Waals surface area contributed by atoms with Crippen LogP contribution >= 0.6 is 23.4 Å². The predicted octanol–water partition coefficient (Wildman–Crippen LogP) is 4.30. The smallest absolute Gasteiger partial charge is 0.394 e. The van der Waals surface area contributed by atoms with Crippen molar-refractivity contribution in [1.82, 2.24) is 20.0 Å². The lowest BCUT2D eigenvalue weighted by molar-refractivity contribution is -0.138. The highest BCUT2D eigenvalue weighted by molar-refractivity contribution is 8.18. The number of carbonyl (C=O) groups excluding carboxylic acids is 2. The van der Waals surface area contributed by atoms with Crippen molar-refractivity contribution in [1.29, 1.82) is 0 Å². The number of likely N-dealkylation sites (tertiary alicyclic amines) is 1. The van der Waals surface area contributed by atoms with Gasteiger partial charge in [0.1, 0.15) is 0 Å². The van der Waals surface area contributed by atoms with E-state index in [0.717, 1.165) is 6.07 Å². The van der Waals surface area contributed by atoms with Crippen molar-refractivity contribution in [3.63, 3.8) is 0 Å². The molecule has 1 fully saturated rings. The van der Waals surface area contributed by atoms with Crippen molar-refractivity contribution in [2.75, 3.05) is 13.2 Å². The van der Waals surface area contributed by atoms with E-state index in [1.54, 1.807) is 30.5 Å². The summed E-state index contributed by atoms with van der Waals surface area (Å²) in [5, 5.41) is 18.1. The van der Waals surface area contributed by atoms with Crippen molar-refractivity contribution in [2.45, 2.75) is 38.1 Å². The average molecular weight is 578 g/mol. The minimum absolute atomic E-state index is 0.00435. The Morgan fingerprint density at radius 3 is 2.79 bits per heavy atom. The first-order chi connectivity index (χ1) is 18.5. The minimum atomic E-state index is -4.55. The molecule has 3 heterocycles. The van der Waals surface area contributed by atoms with E-state index < -0.39 is 17.6 Å². The molecule has 1 aromatic heterocycles. The molecule has 2 aliphatic rings. The molecule has 2 unspecified atom stereocenters. The van der Waals surface area contributed by atoms with Crippen LogP contribution in [0.25, 0.3) is 17.0 Å². The van der Waals surface area contributed by atoms with Crippen molar-refractivity contribution in [2.24, 2.45) is 4.99 Å². The number of hydrogen-bond acceptors (Lipinski definition) is 6. The summed E-state index contributed by atoms with van der Waals surface area (Å²) in [4.78, 5) is 30.5. The van der Waals surface area contributed by atoms with E-state index >= 15 is 0 Å². The summed E-state index contributed by atoms with van der Waals surface area (Å²) in [5.41, 5.74) is 0.574. The number of benzene rings is 2. The fraction of sp³-hybridized carbons (Fsp3) is 0.308. The number of aliphatic hydroxyl groups excluding tert-OH is 1. The molecule has 5 rings (SSSR count). The largest absolute Gasteiger partial charge is 0.416 e. The maximum atomic E-state index is 13.5. The normalized spacial score (nSPS) is 20.8. The first kappa shape index (κ1) is 27.2. The van der Waals surface area contributed by atoms with E-state index in [2.05, 4.69) is 15.4 Å². The van der Waals surface area contributed by atoms with Crippen LogP contribution in [0.3, 0.4) is 0 Å². The van der Waals surface area contributed by atoms with E-state index in [0.29, 0.717) is 39.5 Å². The molecule has 204 valence electrons. The van der Waals surface area contributed by atoms with Crippen LogP contribution in [0.5, 0.6) is 0 Å². The fourth-order valence-electron chi connectivity index (χ4n) is 4.82. The number of aliphatic hydroxyl groups is 1. The standard InChI is InChI=1S/C26H23ClF3N5O3S/c1-14(37)32-19-9-20(13-36)34(12-19)25-33-24(38)23(39-25)7-15-2-5-22-17(6-15)10-31-35(22)11-16-3-4-18(27)8-21(16)26(28,29)30/h2-8,10,19-20,36H,9,11-13H2,1H3,(H,32,37)/b23-7-. The summed E-state index contributed by atoms with van der Waals surface area (Å²) in [6.07, 6.45) is -0.753. The van der Waals surface area contributed by atoms with Crippen molar-refractivity contribution < 1.29 is 27.9 Å². The van der Waals surface area contributed by atoms with E-state index in [9.17, 15) is 27.9 Å². The summed E-state index contributed by atoms with van der Waals surface area (Å²) in [6, 6.07) is 8.55. The third-order valence-electron chi connectivity index (χ3n) is 6.55. The van der Waals surface area contributed by atoms with Crippen LogP contribution in [-0.2, 0) is 22.3 Å². The van der Waals surface area contributed by atoms with E-state index in [4.69, 9.17) is 11.6 Å². The first-order valence-electron chi connectivity index (χ1n) is 12.0. The molecule has 0 aliphatic carbocycles. The zero-order chi connectivity index (χ0) is 27.9. The maximum absolute atomic E-state index is 13.5. The molecule has 0 spiro atoms. The highest BCUT2D eigenvalue weighted by atomic mass is 35.5. The second kappa shape index (κ2) is 10.7. The molecule has 3 aromatic rings. The monoisotopic (exact) mass is 577 g/mol. The summed E-state index contributed by atoms with van der Waals surface area (Å²) < 4.78 is 42.0. The molecular weight excluding hydrogens is 555 g/mol. The van der Waals surface area contributed by atoms with Crippen molar-refractivity contribution in [3.05, 3.63) is 69.2 Å². The number of amides is 2. The molecule has 39 heavy (non-hydrogen) atoms. The maximum Gasteiger partial charge on any atom is 0.416 e. The number of nitrogens with one attached hydrogen (secondary N) is 1. The van der Waals surface area contributed by atoms with Gasteiger partial charge in [-0.1, -0.05) is 23.7 Å². The van der Waals surface area contributed by atoms with Crippen LogP contribution in [0, 0.1) is 0 Å². The Kier molecular flexibility index (Phi) is 7.45. The number of carbonyl (C=O) groups is 2. The molecule has 0 bridgehead atoms. The molecule has 2 aliphatic heterocycles. The third-order valence-corrected chi connectivity index (χ3v) is 7.80. The zero-order valence-corrected chi connectivity index (χ0v) is 22.1. The lowest BCUT2D eigenvalue weighted by Gasteiger charge is -2.23. The molecule has 2 amide bonds. The Morgan fingerprint density at radius 2 is 2.08 bits per heavy atom. The number of aromatic nitrogens is 2. The fourth-order valence-corrected chi connectivity index (χ4v) is 5.99. The van der Waals surface area contributed by atoms with Gasteiger partial charge < -0.3 is 15.3 Å². The molecule has 2 N–H and O–H groups in total. The van der Waals surface area contributed by atoms with Crippen LogP contribution in [-0.4, -0.2) is 62.0 Å². The number of halogens is 4. The summed E-state index contributed by atoms with van der Waals surface area (Å²) >= 11 is 6.99.